The minimum Gasteiger partial charge on any atom is -0.456 e. The van der Waals surface area contributed by atoms with E-state index in [0.29, 0.717) is 23.9 Å². The molecule has 0 aromatic heterocycles. The third-order valence-corrected chi connectivity index (χ3v) is 15.9. The number of allylic oxidation sites excluding steroid dienone is 3. The topological polar surface area (TPSA) is 111 Å². The zero-order valence-electron chi connectivity index (χ0n) is 50.8. The Bertz CT molecular complexity index is 1340. The molecule has 0 aromatic rings. The summed E-state index contributed by atoms with van der Waals surface area (Å²) >= 11 is 0. The highest BCUT2D eigenvalue weighted by molar-refractivity contribution is 7.47. The number of nitrogens with zero attached hydrogens (tertiary/aromatic N) is 1. The molecule has 0 rings (SSSR count). The van der Waals surface area contributed by atoms with E-state index in [9.17, 15) is 19.0 Å². The molecule has 9 nitrogen and oxygen atoms in total. The van der Waals surface area contributed by atoms with Crippen molar-refractivity contribution in [2.24, 2.45) is 0 Å². The van der Waals surface area contributed by atoms with Gasteiger partial charge in [-0.15, -0.1) is 0 Å². The Morgan fingerprint density at radius 1 is 0.453 bits per heavy atom. The summed E-state index contributed by atoms with van der Waals surface area (Å²) in [6.07, 6.45) is 66.1. The predicted molar refractivity (Wildman–Crippen MR) is 323 cm³/mol. The maximum atomic E-state index is 13.5. The summed E-state index contributed by atoms with van der Waals surface area (Å²) in [4.78, 5) is 37.7. The van der Waals surface area contributed by atoms with Crippen LogP contribution in [0.3, 0.4) is 0 Å². The lowest BCUT2D eigenvalue weighted by Gasteiger charge is -2.27. The normalized spacial score (nSPS) is 13.7. The van der Waals surface area contributed by atoms with Gasteiger partial charge < -0.3 is 19.4 Å². The van der Waals surface area contributed by atoms with Crippen LogP contribution >= 0.6 is 7.82 Å². The number of ether oxygens (including phenoxy) is 1. The highest BCUT2D eigenvalue weighted by Crippen LogP contribution is 2.43. The van der Waals surface area contributed by atoms with E-state index >= 15 is 0 Å². The first-order chi connectivity index (χ1) is 36.4. The van der Waals surface area contributed by atoms with Gasteiger partial charge in [0.2, 0.25) is 5.91 Å². The number of nitrogens with one attached hydrogen (secondary N) is 1. The minimum atomic E-state index is -4.44. The van der Waals surface area contributed by atoms with Gasteiger partial charge in [-0.2, -0.15) is 0 Å². The molecule has 444 valence electrons. The molecule has 0 radical (unpaired) electrons. The molecule has 75 heavy (non-hydrogen) atoms. The SMILES string of the molecule is CCCCCCCC/C=C/CCCCCCCCCCCCCCCC(=O)OC(/C=C/CCCCCCCCCCC)C(COP(=O)(O)OCC[N+](C)(C)C)NC(=O)CCCCCCCCCCCCCCCCC. The highest BCUT2D eigenvalue weighted by Gasteiger charge is 2.30. The molecule has 0 aliphatic rings. The van der Waals surface area contributed by atoms with Crippen LogP contribution in [0.5, 0.6) is 0 Å². The van der Waals surface area contributed by atoms with Crippen molar-refractivity contribution in [1.82, 2.24) is 5.32 Å². The van der Waals surface area contributed by atoms with Crippen LogP contribution < -0.4 is 5.32 Å². The Balaban J connectivity index is 5.07. The fourth-order valence-electron chi connectivity index (χ4n) is 9.82. The Labute approximate surface area is 466 Å². The van der Waals surface area contributed by atoms with E-state index in [1.807, 2.05) is 33.3 Å². The monoisotopic (exact) mass is 1080 g/mol. The number of rotatable bonds is 60. The van der Waals surface area contributed by atoms with Gasteiger partial charge in [-0.3, -0.25) is 18.6 Å². The number of hydrogen-bond donors (Lipinski definition) is 2. The molecule has 3 unspecified atom stereocenters. The molecule has 0 aromatic carbocycles. The lowest BCUT2D eigenvalue weighted by atomic mass is 10.0. The summed E-state index contributed by atoms with van der Waals surface area (Å²) in [7, 11) is 1.51. The van der Waals surface area contributed by atoms with Gasteiger partial charge in [0.1, 0.15) is 19.3 Å². The number of phosphoric ester groups is 1. The van der Waals surface area contributed by atoms with Gasteiger partial charge >= 0.3 is 13.8 Å². The second-order valence-electron chi connectivity index (χ2n) is 23.6. The van der Waals surface area contributed by atoms with Crippen molar-refractivity contribution < 1.29 is 37.3 Å². The zero-order valence-corrected chi connectivity index (χ0v) is 51.7. The predicted octanol–water partition coefficient (Wildman–Crippen LogP) is 20.1. The van der Waals surface area contributed by atoms with E-state index in [1.165, 1.54) is 238 Å². The summed E-state index contributed by atoms with van der Waals surface area (Å²) < 4.78 is 30.7. The first-order valence-corrected chi connectivity index (χ1v) is 34.2. The second kappa shape index (κ2) is 55.8. The van der Waals surface area contributed by atoms with Gasteiger partial charge in [0.05, 0.1) is 33.8 Å². The van der Waals surface area contributed by atoms with E-state index < -0.39 is 20.0 Å². The summed E-state index contributed by atoms with van der Waals surface area (Å²) in [5.41, 5.74) is 0. The van der Waals surface area contributed by atoms with Gasteiger partial charge in [0.15, 0.2) is 0 Å². The molecule has 0 spiro atoms. The largest absolute Gasteiger partial charge is 0.472 e. The smallest absolute Gasteiger partial charge is 0.456 e. The fourth-order valence-corrected chi connectivity index (χ4v) is 10.6. The number of esters is 1. The van der Waals surface area contributed by atoms with Crippen LogP contribution in [-0.4, -0.2) is 74.3 Å². The number of hydrogen-bond acceptors (Lipinski definition) is 6. The van der Waals surface area contributed by atoms with Crippen LogP contribution in [0.25, 0.3) is 0 Å². The number of carbonyl (C=O) groups excluding carboxylic acids is 2. The van der Waals surface area contributed by atoms with Crippen LogP contribution in [0.2, 0.25) is 0 Å². The standard InChI is InChI=1S/C65H127N2O7P/c1-7-10-13-16-19-22-25-27-29-30-31-32-33-34-35-36-38-40-43-46-49-52-55-58-65(69)74-63(56-53-50-47-44-41-24-21-18-15-12-9-3)62(61-73-75(70,71)72-60-59-67(4,5)6)66-64(68)57-54-51-48-45-42-39-37-28-26-23-20-17-14-11-8-2/h27,29,53,56,62-63H,7-26,28,30-52,54-55,57-61H2,1-6H3,(H-,66,68,70,71)/p+1/b29-27+,56-53+. The fraction of sp³-hybridized carbons (Fsp3) is 0.908. The number of carbonyl (C=O) groups is 2. The molecule has 0 saturated carbocycles. The summed E-state index contributed by atoms with van der Waals surface area (Å²) in [6.45, 7) is 7.05. The molecule has 0 saturated heterocycles. The van der Waals surface area contributed by atoms with E-state index in [4.69, 9.17) is 13.8 Å². The third-order valence-electron chi connectivity index (χ3n) is 14.9. The Morgan fingerprint density at radius 3 is 1.13 bits per heavy atom. The summed E-state index contributed by atoms with van der Waals surface area (Å²) in [5.74, 6) is -0.487. The number of unbranched alkanes of at least 4 members (excludes halogenated alkanes) is 42. The maximum Gasteiger partial charge on any atom is 0.472 e. The van der Waals surface area contributed by atoms with Gasteiger partial charge in [0, 0.05) is 12.8 Å². The molecule has 0 heterocycles. The van der Waals surface area contributed by atoms with Gasteiger partial charge in [-0.1, -0.05) is 283 Å². The summed E-state index contributed by atoms with van der Waals surface area (Å²) in [6, 6.07) is -0.841. The van der Waals surface area contributed by atoms with Gasteiger partial charge in [0.25, 0.3) is 0 Å². The molecule has 2 N–H and O–H groups in total. The lowest BCUT2D eigenvalue weighted by Crippen LogP contribution is -2.47. The van der Waals surface area contributed by atoms with Crippen LogP contribution in [0.1, 0.15) is 329 Å². The second-order valence-corrected chi connectivity index (χ2v) is 25.1. The van der Waals surface area contributed by atoms with E-state index in [1.54, 1.807) is 0 Å². The van der Waals surface area contributed by atoms with Gasteiger partial charge in [-0.25, -0.2) is 4.57 Å². The van der Waals surface area contributed by atoms with E-state index in [0.717, 1.165) is 57.8 Å². The molecule has 1 amide bonds. The number of phosphoric acid groups is 1. The van der Waals surface area contributed by atoms with Crippen molar-refractivity contribution in [3.63, 3.8) is 0 Å². The minimum absolute atomic E-state index is 0.0442. The average Bonchev–Trinajstić information content (AvgIpc) is 3.37. The number of quaternary nitrogens is 1. The maximum absolute atomic E-state index is 13.5. The van der Waals surface area contributed by atoms with E-state index in [-0.39, 0.29) is 25.1 Å². The van der Waals surface area contributed by atoms with Crippen LogP contribution in [0.15, 0.2) is 24.3 Å². The van der Waals surface area contributed by atoms with Crippen molar-refractivity contribution in [2.75, 3.05) is 40.9 Å². The average molecular weight is 1080 g/mol. The number of amides is 1. The van der Waals surface area contributed by atoms with Crippen LogP contribution in [-0.2, 0) is 27.9 Å². The van der Waals surface area contributed by atoms with E-state index in [2.05, 4.69) is 38.2 Å². The molecule has 3 atom stereocenters. The molecule has 10 heteroatoms. The number of likely N-dealkylation sites (N-methyl/N-ethyl adjacent to an activating group) is 1. The Hall–Kier alpha value is -1.51. The lowest BCUT2D eigenvalue weighted by molar-refractivity contribution is -0.870. The Kier molecular flexibility index (Phi) is 54.7. The quantitative estimate of drug-likeness (QED) is 0.0205. The van der Waals surface area contributed by atoms with Crippen molar-refractivity contribution in [1.29, 1.82) is 0 Å². The molecular formula is C65H128N2O7P+. The summed E-state index contributed by atoms with van der Waals surface area (Å²) in [5, 5.41) is 3.06. The first kappa shape index (κ1) is 73.5. The molecule has 0 fully saturated rings. The third kappa shape index (κ3) is 57.0. The van der Waals surface area contributed by atoms with Crippen LogP contribution in [0.4, 0.5) is 0 Å². The molecule has 0 bridgehead atoms. The molecular weight excluding hydrogens is 952 g/mol. The van der Waals surface area contributed by atoms with Crippen molar-refractivity contribution in [3.05, 3.63) is 24.3 Å². The van der Waals surface area contributed by atoms with Crippen molar-refractivity contribution >= 4 is 19.7 Å². The first-order valence-electron chi connectivity index (χ1n) is 32.7. The Morgan fingerprint density at radius 2 is 0.773 bits per heavy atom. The van der Waals surface area contributed by atoms with Crippen molar-refractivity contribution in [3.8, 4) is 0 Å². The molecule has 0 aliphatic carbocycles. The van der Waals surface area contributed by atoms with Crippen molar-refractivity contribution in [2.45, 2.75) is 341 Å². The van der Waals surface area contributed by atoms with Gasteiger partial charge in [-0.05, 0) is 57.4 Å². The highest BCUT2D eigenvalue weighted by atomic mass is 31.2. The van der Waals surface area contributed by atoms with Crippen LogP contribution in [0, 0.1) is 0 Å². The molecule has 0 aliphatic heterocycles. The zero-order chi connectivity index (χ0) is 55.0.